The fourth-order valence-electron chi connectivity index (χ4n) is 2.33. The molecule has 2 N–H and O–H groups in total. The standard InChI is InChI=1S/C13H17N5O3/c1-17-10-9(11(19)18(2)13(17)20)15-12(16-10)14-7-8-3-5-21-6-4-8/h3H,4-7H2,1-2H3,(H2,14,15,16). The number of H-pyrrole nitrogens is 1. The van der Waals surface area contributed by atoms with E-state index in [0.29, 0.717) is 30.3 Å². The highest BCUT2D eigenvalue weighted by molar-refractivity contribution is 5.72. The van der Waals surface area contributed by atoms with E-state index in [9.17, 15) is 9.59 Å². The lowest BCUT2D eigenvalue weighted by atomic mass is 10.1. The second kappa shape index (κ2) is 5.21. The maximum absolute atomic E-state index is 12.0. The second-order valence-corrected chi connectivity index (χ2v) is 5.03. The summed E-state index contributed by atoms with van der Waals surface area (Å²) in [5, 5.41) is 3.14. The summed E-state index contributed by atoms with van der Waals surface area (Å²) in [5.41, 5.74) is 1.15. The molecule has 0 atom stereocenters. The molecule has 1 aliphatic rings. The summed E-state index contributed by atoms with van der Waals surface area (Å²) in [6, 6.07) is 0. The number of aromatic nitrogens is 4. The lowest BCUT2D eigenvalue weighted by Crippen LogP contribution is -2.36. The highest BCUT2D eigenvalue weighted by Crippen LogP contribution is 2.11. The number of anilines is 1. The average Bonchev–Trinajstić information content (AvgIpc) is 2.94. The van der Waals surface area contributed by atoms with Gasteiger partial charge in [-0.15, -0.1) is 0 Å². The van der Waals surface area contributed by atoms with E-state index in [4.69, 9.17) is 4.74 Å². The van der Waals surface area contributed by atoms with Gasteiger partial charge in [0.1, 0.15) is 0 Å². The molecule has 0 aromatic carbocycles. The third-order valence-electron chi connectivity index (χ3n) is 3.64. The van der Waals surface area contributed by atoms with Crippen LogP contribution in [0.2, 0.25) is 0 Å². The van der Waals surface area contributed by atoms with Gasteiger partial charge in [-0.3, -0.25) is 13.9 Å². The Balaban J connectivity index is 1.93. The Bertz CT molecular complexity index is 827. The van der Waals surface area contributed by atoms with Gasteiger partial charge in [0.15, 0.2) is 11.2 Å². The number of imidazole rings is 1. The zero-order valence-electron chi connectivity index (χ0n) is 12.0. The van der Waals surface area contributed by atoms with Crippen molar-refractivity contribution in [1.82, 2.24) is 19.1 Å². The predicted molar refractivity (Wildman–Crippen MR) is 78.6 cm³/mol. The van der Waals surface area contributed by atoms with Crippen LogP contribution in [0.25, 0.3) is 11.2 Å². The van der Waals surface area contributed by atoms with Crippen molar-refractivity contribution in [3.63, 3.8) is 0 Å². The molecule has 21 heavy (non-hydrogen) atoms. The number of hydrogen-bond donors (Lipinski definition) is 2. The zero-order valence-corrected chi connectivity index (χ0v) is 12.0. The Hall–Kier alpha value is -2.35. The number of fused-ring (bicyclic) bond motifs is 1. The minimum Gasteiger partial charge on any atom is -0.377 e. The average molecular weight is 291 g/mol. The van der Waals surface area contributed by atoms with Crippen LogP contribution in [0, 0.1) is 0 Å². The van der Waals surface area contributed by atoms with Crippen LogP contribution in [-0.2, 0) is 18.8 Å². The molecule has 0 bridgehead atoms. The number of aromatic amines is 1. The van der Waals surface area contributed by atoms with Crippen molar-refractivity contribution in [1.29, 1.82) is 0 Å². The lowest BCUT2D eigenvalue weighted by Gasteiger charge is -2.13. The van der Waals surface area contributed by atoms with Gasteiger partial charge in [0.25, 0.3) is 5.56 Å². The van der Waals surface area contributed by atoms with E-state index in [1.165, 1.54) is 17.2 Å². The van der Waals surface area contributed by atoms with Crippen molar-refractivity contribution >= 4 is 17.1 Å². The Morgan fingerprint density at radius 3 is 2.90 bits per heavy atom. The van der Waals surface area contributed by atoms with Gasteiger partial charge in [0.2, 0.25) is 5.95 Å². The van der Waals surface area contributed by atoms with Crippen molar-refractivity contribution in [3.05, 3.63) is 32.5 Å². The molecule has 0 fully saturated rings. The molecule has 0 amide bonds. The minimum absolute atomic E-state index is 0.322. The van der Waals surface area contributed by atoms with E-state index in [0.717, 1.165) is 17.6 Å². The number of rotatable bonds is 3. The third-order valence-corrected chi connectivity index (χ3v) is 3.64. The quantitative estimate of drug-likeness (QED) is 0.759. The summed E-state index contributed by atoms with van der Waals surface area (Å²) < 4.78 is 7.66. The van der Waals surface area contributed by atoms with Gasteiger partial charge >= 0.3 is 5.69 Å². The molecule has 0 saturated heterocycles. The summed E-state index contributed by atoms with van der Waals surface area (Å²) in [7, 11) is 3.04. The molecule has 0 spiro atoms. The lowest BCUT2D eigenvalue weighted by molar-refractivity contribution is 0.154. The van der Waals surface area contributed by atoms with Crippen LogP contribution < -0.4 is 16.6 Å². The molecule has 8 nitrogen and oxygen atoms in total. The molecule has 8 heteroatoms. The number of aryl methyl sites for hydroxylation is 1. The highest BCUT2D eigenvalue weighted by atomic mass is 16.5. The van der Waals surface area contributed by atoms with Crippen LogP contribution in [0.4, 0.5) is 5.95 Å². The van der Waals surface area contributed by atoms with Crippen LogP contribution in [-0.4, -0.2) is 38.9 Å². The molecule has 1 aliphatic heterocycles. The van der Waals surface area contributed by atoms with Crippen LogP contribution >= 0.6 is 0 Å². The second-order valence-electron chi connectivity index (χ2n) is 5.03. The number of nitrogens with zero attached hydrogens (tertiary/aromatic N) is 3. The van der Waals surface area contributed by atoms with Crippen molar-refractivity contribution in [2.45, 2.75) is 6.42 Å². The van der Waals surface area contributed by atoms with Gasteiger partial charge in [0.05, 0.1) is 13.2 Å². The van der Waals surface area contributed by atoms with Gasteiger partial charge in [-0.1, -0.05) is 11.6 Å². The van der Waals surface area contributed by atoms with E-state index in [1.807, 2.05) is 6.08 Å². The molecule has 0 saturated carbocycles. The maximum atomic E-state index is 12.0. The topological polar surface area (TPSA) is 93.9 Å². The number of hydrogen-bond acceptors (Lipinski definition) is 5. The monoisotopic (exact) mass is 291 g/mol. The molecule has 2 aromatic heterocycles. The molecule has 112 valence electrons. The minimum atomic E-state index is -0.391. The molecule has 0 unspecified atom stereocenters. The fraction of sp³-hybridized carbons (Fsp3) is 0.462. The predicted octanol–water partition coefficient (Wildman–Crippen LogP) is -0.281. The summed E-state index contributed by atoms with van der Waals surface area (Å²) >= 11 is 0. The van der Waals surface area contributed by atoms with Gasteiger partial charge in [-0.25, -0.2) is 4.79 Å². The van der Waals surface area contributed by atoms with Gasteiger partial charge in [-0.2, -0.15) is 4.98 Å². The Kier molecular flexibility index (Phi) is 3.38. The van der Waals surface area contributed by atoms with Crippen molar-refractivity contribution < 1.29 is 4.74 Å². The van der Waals surface area contributed by atoms with Crippen molar-refractivity contribution in [2.24, 2.45) is 14.1 Å². The molecule has 2 aromatic rings. The highest BCUT2D eigenvalue weighted by Gasteiger charge is 2.13. The summed E-state index contributed by atoms with van der Waals surface area (Å²) in [6.07, 6.45) is 2.92. The van der Waals surface area contributed by atoms with E-state index in [1.54, 1.807) is 7.05 Å². The molecular weight excluding hydrogens is 274 g/mol. The van der Waals surface area contributed by atoms with Crippen LogP contribution in [0.3, 0.4) is 0 Å². The van der Waals surface area contributed by atoms with Gasteiger partial charge in [0, 0.05) is 20.6 Å². The summed E-state index contributed by atoms with van der Waals surface area (Å²) in [6.45, 7) is 1.99. The summed E-state index contributed by atoms with van der Waals surface area (Å²) in [5.74, 6) is 0.482. The normalized spacial score (nSPS) is 15.2. The molecule has 3 rings (SSSR count). The van der Waals surface area contributed by atoms with E-state index < -0.39 is 5.69 Å². The summed E-state index contributed by atoms with van der Waals surface area (Å²) in [4.78, 5) is 31.1. The largest absolute Gasteiger partial charge is 0.377 e. The molecular formula is C13H17N5O3. The van der Waals surface area contributed by atoms with Crippen LogP contribution in [0.1, 0.15) is 6.42 Å². The first-order valence-electron chi connectivity index (χ1n) is 6.73. The first kappa shape index (κ1) is 13.6. The zero-order chi connectivity index (χ0) is 15.0. The van der Waals surface area contributed by atoms with E-state index in [2.05, 4.69) is 15.3 Å². The fourth-order valence-corrected chi connectivity index (χ4v) is 2.33. The van der Waals surface area contributed by atoms with Crippen molar-refractivity contribution in [3.8, 4) is 0 Å². The molecule has 0 aliphatic carbocycles. The van der Waals surface area contributed by atoms with Gasteiger partial charge < -0.3 is 15.0 Å². The Labute approximate surface area is 120 Å². The SMILES string of the molecule is Cn1c(=O)c2[nH]c(NCC3=CCOCC3)nc2n(C)c1=O. The first-order chi connectivity index (χ1) is 10.1. The molecule has 0 radical (unpaired) electrons. The Morgan fingerprint density at radius 2 is 2.19 bits per heavy atom. The van der Waals surface area contributed by atoms with E-state index in [-0.39, 0.29) is 5.56 Å². The number of ether oxygens (including phenoxy) is 1. The van der Waals surface area contributed by atoms with Crippen LogP contribution in [0.5, 0.6) is 0 Å². The van der Waals surface area contributed by atoms with E-state index >= 15 is 0 Å². The van der Waals surface area contributed by atoms with Crippen LogP contribution in [0.15, 0.2) is 21.2 Å². The smallest absolute Gasteiger partial charge is 0.332 e. The maximum Gasteiger partial charge on any atom is 0.332 e. The molecule has 3 heterocycles. The van der Waals surface area contributed by atoms with Gasteiger partial charge in [-0.05, 0) is 6.42 Å². The third kappa shape index (κ3) is 2.38. The first-order valence-corrected chi connectivity index (χ1v) is 6.73. The number of nitrogens with one attached hydrogen (secondary N) is 2. The Morgan fingerprint density at radius 1 is 1.38 bits per heavy atom. The van der Waals surface area contributed by atoms with Crippen molar-refractivity contribution in [2.75, 3.05) is 25.1 Å².